The zero-order valence-corrected chi connectivity index (χ0v) is 15.8. The molecule has 1 aliphatic heterocycles. The molecule has 1 unspecified atom stereocenters. The molecule has 1 N–H and O–H groups in total. The number of carbonyl (C=O) groups excluding carboxylic acids is 2. The Morgan fingerprint density at radius 2 is 2.00 bits per heavy atom. The van der Waals surface area contributed by atoms with Crippen molar-refractivity contribution in [2.75, 3.05) is 14.1 Å². The van der Waals surface area contributed by atoms with Crippen molar-refractivity contribution in [1.82, 2.24) is 10.2 Å². The van der Waals surface area contributed by atoms with Gasteiger partial charge in [0.2, 0.25) is 0 Å². The van der Waals surface area contributed by atoms with Gasteiger partial charge in [-0.05, 0) is 62.6 Å². The third-order valence-electron chi connectivity index (χ3n) is 3.71. The highest BCUT2D eigenvalue weighted by molar-refractivity contribution is 8.13. The summed E-state index contributed by atoms with van der Waals surface area (Å²) in [6.07, 6.45) is 1.41. The van der Waals surface area contributed by atoms with E-state index in [0.29, 0.717) is 13.0 Å². The summed E-state index contributed by atoms with van der Waals surface area (Å²) >= 11 is 1.24. The van der Waals surface area contributed by atoms with Crippen LogP contribution in [0, 0.1) is 0 Å². The molecule has 0 aromatic heterocycles. The molecule has 6 heteroatoms. The topological polar surface area (TPSA) is 58.6 Å². The van der Waals surface area contributed by atoms with Crippen molar-refractivity contribution in [3.8, 4) is 0 Å². The van der Waals surface area contributed by atoms with E-state index in [1.54, 1.807) is 19.0 Å². The number of benzene rings is 1. The van der Waals surface area contributed by atoms with Crippen LogP contribution in [0.2, 0.25) is 0 Å². The van der Waals surface area contributed by atoms with E-state index in [1.807, 2.05) is 39.0 Å². The number of amides is 1. The molecule has 0 bridgehead atoms. The maximum absolute atomic E-state index is 12.3. The molecule has 24 heavy (non-hydrogen) atoms. The molecule has 0 radical (unpaired) electrons. The van der Waals surface area contributed by atoms with Crippen LogP contribution in [0.3, 0.4) is 0 Å². The lowest BCUT2D eigenvalue weighted by molar-refractivity contribution is -0.157. The number of nitrogens with one attached hydrogen (secondary N) is 1. The van der Waals surface area contributed by atoms with Crippen molar-refractivity contribution in [2.45, 2.75) is 56.7 Å². The highest BCUT2D eigenvalue weighted by atomic mass is 32.2. The van der Waals surface area contributed by atoms with E-state index in [0.717, 1.165) is 22.4 Å². The molecule has 1 aromatic carbocycles. The standard InChI is InChI=1S/C18H26N2O3S/c1-18(2,3)23-16(21)14-10-9-13-12(11-19-14)7-6-8-15(13)24-17(22)20(4)5/h6-8,14,19H,9-11H2,1-5H3. The Labute approximate surface area is 148 Å². The molecule has 1 amide bonds. The van der Waals surface area contributed by atoms with Crippen LogP contribution in [0.5, 0.6) is 0 Å². The highest BCUT2D eigenvalue weighted by Gasteiger charge is 2.28. The van der Waals surface area contributed by atoms with Gasteiger partial charge in [0.1, 0.15) is 11.6 Å². The molecule has 0 saturated carbocycles. The van der Waals surface area contributed by atoms with E-state index in [1.165, 1.54) is 11.8 Å². The van der Waals surface area contributed by atoms with E-state index in [4.69, 9.17) is 4.74 Å². The molecule has 5 nitrogen and oxygen atoms in total. The Morgan fingerprint density at radius 1 is 1.29 bits per heavy atom. The summed E-state index contributed by atoms with van der Waals surface area (Å²) in [7, 11) is 3.49. The van der Waals surface area contributed by atoms with Crippen molar-refractivity contribution in [2.24, 2.45) is 0 Å². The lowest BCUT2D eigenvalue weighted by atomic mass is 10.0. The van der Waals surface area contributed by atoms with Crippen molar-refractivity contribution >= 4 is 23.0 Å². The Bertz CT molecular complexity index is 623. The molecular formula is C18H26N2O3S. The molecule has 132 valence electrons. The second-order valence-corrected chi connectivity index (χ2v) is 8.16. The van der Waals surface area contributed by atoms with Crippen LogP contribution in [0.1, 0.15) is 38.3 Å². The fraction of sp³-hybridized carbons (Fsp3) is 0.556. The number of rotatable bonds is 2. The monoisotopic (exact) mass is 350 g/mol. The number of fused-ring (bicyclic) bond motifs is 1. The summed E-state index contributed by atoms with van der Waals surface area (Å²) in [6, 6.07) is 5.65. The van der Waals surface area contributed by atoms with Crippen molar-refractivity contribution in [3.05, 3.63) is 29.3 Å². The van der Waals surface area contributed by atoms with E-state index in [-0.39, 0.29) is 17.3 Å². The first-order valence-corrected chi connectivity index (χ1v) is 8.95. The summed E-state index contributed by atoms with van der Waals surface area (Å²) in [5.74, 6) is -0.214. The number of hydrogen-bond donors (Lipinski definition) is 1. The first-order chi connectivity index (χ1) is 11.2. The summed E-state index contributed by atoms with van der Waals surface area (Å²) in [4.78, 5) is 26.9. The van der Waals surface area contributed by atoms with E-state index >= 15 is 0 Å². The summed E-state index contributed by atoms with van der Waals surface area (Å²) in [6.45, 7) is 6.22. The first kappa shape index (κ1) is 18.8. The Morgan fingerprint density at radius 3 is 2.62 bits per heavy atom. The van der Waals surface area contributed by atoms with Gasteiger partial charge in [0.25, 0.3) is 5.24 Å². The largest absolute Gasteiger partial charge is 0.459 e. The molecule has 1 aliphatic rings. The minimum absolute atomic E-state index is 0.00398. The second-order valence-electron chi connectivity index (χ2n) is 7.16. The van der Waals surface area contributed by atoms with Gasteiger partial charge < -0.3 is 15.0 Å². The predicted octanol–water partition coefficient (Wildman–Crippen LogP) is 3.21. The predicted molar refractivity (Wildman–Crippen MR) is 96.2 cm³/mol. The van der Waals surface area contributed by atoms with Gasteiger partial charge in [-0.2, -0.15) is 0 Å². The fourth-order valence-electron chi connectivity index (χ4n) is 2.54. The van der Waals surface area contributed by atoms with Crippen LogP contribution in [-0.2, 0) is 22.5 Å². The molecule has 0 aliphatic carbocycles. The summed E-state index contributed by atoms with van der Waals surface area (Å²) in [5, 5.41) is 3.29. The van der Waals surface area contributed by atoms with Gasteiger partial charge >= 0.3 is 5.97 Å². The summed E-state index contributed by atoms with van der Waals surface area (Å²) < 4.78 is 5.49. The Balaban J connectivity index is 2.13. The maximum Gasteiger partial charge on any atom is 0.323 e. The fourth-order valence-corrected chi connectivity index (χ4v) is 3.41. The first-order valence-electron chi connectivity index (χ1n) is 8.13. The van der Waals surface area contributed by atoms with Crippen LogP contribution in [0.25, 0.3) is 0 Å². The smallest absolute Gasteiger partial charge is 0.323 e. The van der Waals surface area contributed by atoms with Gasteiger partial charge in [0, 0.05) is 25.5 Å². The van der Waals surface area contributed by atoms with Crippen LogP contribution in [0.4, 0.5) is 4.79 Å². The zero-order valence-electron chi connectivity index (χ0n) is 15.0. The maximum atomic E-state index is 12.3. The number of carbonyl (C=O) groups is 2. The minimum atomic E-state index is -0.489. The Kier molecular flexibility index (Phi) is 5.93. The van der Waals surface area contributed by atoms with Gasteiger partial charge in [0.15, 0.2) is 0 Å². The SMILES string of the molecule is CN(C)C(=O)Sc1cccc2c1CCC(C(=O)OC(C)(C)C)NC2. The van der Waals surface area contributed by atoms with Crippen molar-refractivity contribution < 1.29 is 14.3 Å². The third-order valence-corrected chi connectivity index (χ3v) is 4.85. The lowest BCUT2D eigenvalue weighted by Gasteiger charge is -2.23. The van der Waals surface area contributed by atoms with Gasteiger partial charge in [-0.15, -0.1) is 0 Å². The molecular weight excluding hydrogens is 324 g/mol. The van der Waals surface area contributed by atoms with E-state index < -0.39 is 5.60 Å². The average Bonchev–Trinajstić information content (AvgIpc) is 2.68. The summed E-state index contributed by atoms with van der Waals surface area (Å²) in [5.41, 5.74) is 1.80. The van der Waals surface area contributed by atoms with Crippen LogP contribution in [-0.4, -0.2) is 41.8 Å². The molecule has 0 spiro atoms. The molecule has 0 fully saturated rings. The zero-order chi connectivity index (χ0) is 17.9. The minimum Gasteiger partial charge on any atom is -0.459 e. The normalized spacial score (nSPS) is 17.6. The molecule has 1 aromatic rings. The number of esters is 1. The van der Waals surface area contributed by atoms with Gasteiger partial charge in [-0.1, -0.05) is 12.1 Å². The Hall–Kier alpha value is -1.53. The van der Waals surface area contributed by atoms with Crippen molar-refractivity contribution in [3.63, 3.8) is 0 Å². The molecule has 2 rings (SSSR count). The lowest BCUT2D eigenvalue weighted by Crippen LogP contribution is -2.40. The number of thioether (sulfide) groups is 1. The molecule has 1 heterocycles. The van der Waals surface area contributed by atoms with Crippen LogP contribution >= 0.6 is 11.8 Å². The van der Waals surface area contributed by atoms with E-state index in [9.17, 15) is 9.59 Å². The van der Waals surface area contributed by atoms with Gasteiger partial charge in [-0.25, -0.2) is 0 Å². The van der Waals surface area contributed by atoms with Gasteiger partial charge in [0.05, 0.1) is 0 Å². The second kappa shape index (κ2) is 7.57. The number of nitrogens with zero attached hydrogens (tertiary/aromatic N) is 1. The van der Waals surface area contributed by atoms with Gasteiger partial charge in [-0.3, -0.25) is 9.59 Å². The third kappa shape index (κ3) is 4.98. The number of ether oxygens (including phenoxy) is 1. The van der Waals surface area contributed by atoms with Crippen LogP contribution < -0.4 is 5.32 Å². The van der Waals surface area contributed by atoms with Crippen molar-refractivity contribution in [1.29, 1.82) is 0 Å². The van der Waals surface area contributed by atoms with E-state index in [2.05, 4.69) is 5.32 Å². The quantitative estimate of drug-likeness (QED) is 0.656. The molecule has 1 atom stereocenters. The number of hydrogen-bond acceptors (Lipinski definition) is 5. The van der Waals surface area contributed by atoms with Crippen LogP contribution in [0.15, 0.2) is 23.1 Å². The highest BCUT2D eigenvalue weighted by Crippen LogP contribution is 2.30. The molecule has 0 saturated heterocycles. The average molecular weight is 350 g/mol.